The lowest BCUT2D eigenvalue weighted by Gasteiger charge is -2.25. The molecule has 0 aromatic carbocycles. The molecule has 0 fully saturated rings. The van der Waals surface area contributed by atoms with Crippen LogP contribution in [0.2, 0.25) is 0 Å². The zero-order chi connectivity index (χ0) is 12.1. The summed E-state index contributed by atoms with van der Waals surface area (Å²) in [7, 11) is 2.18. The van der Waals surface area contributed by atoms with Gasteiger partial charge in [0.2, 0.25) is 0 Å². The van der Waals surface area contributed by atoms with E-state index in [4.69, 9.17) is 5.73 Å². The zero-order valence-corrected chi connectivity index (χ0v) is 11.7. The molecule has 0 saturated carbocycles. The topological polar surface area (TPSA) is 29.3 Å². The lowest BCUT2D eigenvalue weighted by Crippen LogP contribution is -2.32. The van der Waals surface area contributed by atoms with E-state index in [1.807, 2.05) is 11.3 Å². The molecule has 0 saturated heterocycles. The predicted molar refractivity (Wildman–Crippen MR) is 72.8 cm³/mol. The van der Waals surface area contributed by atoms with Crippen LogP contribution in [0.15, 0.2) is 11.4 Å². The van der Waals surface area contributed by atoms with Crippen LogP contribution >= 0.6 is 11.3 Å². The second-order valence-corrected chi connectivity index (χ2v) is 5.96. The standard InChI is InChI=1S/C13H24N2S/c1-10(2)12(7-14)8-15(4)9-13-11(3)5-6-16-13/h5-6,10,12H,7-9,14H2,1-4H3. The molecule has 0 radical (unpaired) electrons. The second-order valence-electron chi connectivity index (χ2n) is 4.96. The maximum Gasteiger partial charge on any atom is 0.0327 e. The fourth-order valence-electron chi connectivity index (χ4n) is 1.83. The van der Waals surface area contributed by atoms with Crippen molar-refractivity contribution in [1.29, 1.82) is 0 Å². The van der Waals surface area contributed by atoms with Crippen LogP contribution in [0.5, 0.6) is 0 Å². The Morgan fingerprint density at radius 2 is 2.12 bits per heavy atom. The highest BCUT2D eigenvalue weighted by atomic mass is 32.1. The van der Waals surface area contributed by atoms with Gasteiger partial charge in [-0.05, 0) is 49.4 Å². The van der Waals surface area contributed by atoms with Crippen molar-refractivity contribution in [3.8, 4) is 0 Å². The van der Waals surface area contributed by atoms with E-state index < -0.39 is 0 Å². The van der Waals surface area contributed by atoms with Crippen LogP contribution in [0.25, 0.3) is 0 Å². The van der Waals surface area contributed by atoms with Gasteiger partial charge in [-0.25, -0.2) is 0 Å². The summed E-state index contributed by atoms with van der Waals surface area (Å²) in [4.78, 5) is 3.86. The Hall–Kier alpha value is -0.380. The molecule has 0 aliphatic carbocycles. The third-order valence-electron chi connectivity index (χ3n) is 3.17. The summed E-state index contributed by atoms with van der Waals surface area (Å²) in [6, 6.07) is 2.19. The molecule has 0 aliphatic rings. The van der Waals surface area contributed by atoms with Crippen LogP contribution in [0, 0.1) is 18.8 Å². The van der Waals surface area contributed by atoms with E-state index >= 15 is 0 Å². The minimum absolute atomic E-state index is 0.602. The first-order valence-electron chi connectivity index (χ1n) is 5.96. The van der Waals surface area contributed by atoms with Crippen molar-refractivity contribution >= 4 is 11.3 Å². The van der Waals surface area contributed by atoms with Gasteiger partial charge >= 0.3 is 0 Å². The first-order valence-corrected chi connectivity index (χ1v) is 6.84. The molecule has 3 heteroatoms. The maximum atomic E-state index is 5.80. The monoisotopic (exact) mass is 240 g/mol. The van der Waals surface area contributed by atoms with Crippen molar-refractivity contribution in [2.24, 2.45) is 17.6 Å². The molecule has 0 bridgehead atoms. The van der Waals surface area contributed by atoms with Gasteiger partial charge in [-0.2, -0.15) is 0 Å². The second kappa shape index (κ2) is 6.38. The van der Waals surface area contributed by atoms with Gasteiger partial charge < -0.3 is 10.6 Å². The third kappa shape index (κ3) is 3.89. The van der Waals surface area contributed by atoms with Crippen molar-refractivity contribution in [2.75, 3.05) is 20.1 Å². The Kier molecular flexibility index (Phi) is 5.46. The molecular weight excluding hydrogens is 216 g/mol. The van der Waals surface area contributed by atoms with Crippen LogP contribution in [0.1, 0.15) is 24.3 Å². The molecule has 0 spiro atoms. The van der Waals surface area contributed by atoms with Gasteiger partial charge in [-0.1, -0.05) is 13.8 Å². The Balaban J connectivity index is 2.47. The smallest absolute Gasteiger partial charge is 0.0327 e. The van der Waals surface area contributed by atoms with Crippen LogP contribution in [0.3, 0.4) is 0 Å². The van der Waals surface area contributed by atoms with Gasteiger partial charge in [0.1, 0.15) is 0 Å². The average molecular weight is 240 g/mol. The van der Waals surface area contributed by atoms with E-state index in [2.05, 4.69) is 44.2 Å². The molecule has 0 amide bonds. The Morgan fingerprint density at radius 3 is 2.56 bits per heavy atom. The molecule has 16 heavy (non-hydrogen) atoms. The fourth-order valence-corrected chi connectivity index (χ4v) is 2.82. The van der Waals surface area contributed by atoms with Gasteiger partial charge in [0.15, 0.2) is 0 Å². The van der Waals surface area contributed by atoms with Gasteiger partial charge in [0.05, 0.1) is 0 Å². The molecule has 1 aromatic rings. The highest BCUT2D eigenvalue weighted by molar-refractivity contribution is 7.10. The van der Waals surface area contributed by atoms with Gasteiger partial charge in [0.25, 0.3) is 0 Å². The largest absolute Gasteiger partial charge is 0.330 e. The van der Waals surface area contributed by atoms with Crippen LogP contribution < -0.4 is 5.73 Å². The number of hydrogen-bond donors (Lipinski definition) is 1. The summed E-state index contributed by atoms with van der Waals surface area (Å²) < 4.78 is 0. The van der Waals surface area contributed by atoms with Crippen LogP contribution in [-0.4, -0.2) is 25.0 Å². The predicted octanol–water partition coefficient (Wildman–Crippen LogP) is 2.72. The summed E-state index contributed by atoms with van der Waals surface area (Å²) in [5.74, 6) is 1.27. The van der Waals surface area contributed by atoms with Crippen molar-refractivity contribution in [1.82, 2.24) is 4.90 Å². The number of rotatable bonds is 6. The number of hydrogen-bond acceptors (Lipinski definition) is 3. The quantitative estimate of drug-likeness (QED) is 0.828. The molecule has 1 unspecified atom stereocenters. The van der Waals surface area contributed by atoms with Crippen molar-refractivity contribution in [2.45, 2.75) is 27.3 Å². The summed E-state index contributed by atoms with van der Waals surface area (Å²) in [5, 5.41) is 2.17. The van der Waals surface area contributed by atoms with Gasteiger partial charge in [-0.15, -0.1) is 11.3 Å². The van der Waals surface area contributed by atoms with E-state index in [1.165, 1.54) is 10.4 Å². The highest BCUT2D eigenvalue weighted by Crippen LogP contribution is 2.18. The van der Waals surface area contributed by atoms with E-state index in [0.717, 1.165) is 19.6 Å². The Labute approximate surface area is 103 Å². The lowest BCUT2D eigenvalue weighted by molar-refractivity contribution is 0.235. The fraction of sp³-hybridized carbons (Fsp3) is 0.692. The average Bonchev–Trinajstić information content (AvgIpc) is 2.60. The molecule has 2 nitrogen and oxygen atoms in total. The molecule has 1 heterocycles. The highest BCUT2D eigenvalue weighted by Gasteiger charge is 2.14. The van der Waals surface area contributed by atoms with E-state index in [0.29, 0.717) is 11.8 Å². The Bertz CT molecular complexity index is 307. The third-order valence-corrected chi connectivity index (χ3v) is 4.18. The van der Waals surface area contributed by atoms with Crippen LogP contribution in [0.4, 0.5) is 0 Å². The number of nitrogens with zero attached hydrogens (tertiary/aromatic N) is 1. The number of aryl methyl sites for hydroxylation is 1. The Morgan fingerprint density at radius 1 is 1.44 bits per heavy atom. The first kappa shape index (κ1) is 13.7. The molecule has 92 valence electrons. The minimum Gasteiger partial charge on any atom is -0.330 e. The summed E-state index contributed by atoms with van der Waals surface area (Å²) in [6.45, 7) is 9.61. The SMILES string of the molecule is Cc1ccsc1CN(C)CC(CN)C(C)C. The van der Waals surface area contributed by atoms with E-state index in [-0.39, 0.29) is 0 Å². The minimum atomic E-state index is 0.602. The van der Waals surface area contributed by atoms with Gasteiger partial charge in [-0.3, -0.25) is 0 Å². The molecule has 1 atom stereocenters. The summed E-state index contributed by atoms with van der Waals surface area (Å²) in [5.41, 5.74) is 7.21. The molecular formula is C13H24N2S. The van der Waals surface area contributed by atoms with Gasteiger partial charge in [0, 0.05) is 18.0 Å². The zero-order valence-electron chi connectivity index (χ0n) is 10.9. The van der Waals surface area contributed by atoms with E-state index in [9.17, 15) is 0 Å². The molecule has 2 N–H and O–H groups in total. The molecule has 1 aromatic heterocycles. The maximum absolute atomic E-state index is 5.80. The van der Waals surface area contributed by atoms with E-state index in [1.54, 1.807) is 0 Å². The summed E-state index contributed by atoms with van der Waals surface area (Å²) in [6.07, 6.45) is 0. The van der Waals surface area contributed by atoms with Crippen LogP contribution in [-0.2, 0) is 6.54 Å². The molecule has 1 rings (SSSR count). The van der Waals surface area contributed by atoms with Crippen molar-refractivity contribution in [3.63, 3.8) is 0 Å². The molecule has 0 aliphatic heterocycles. The normalized spacial score (nSPS) is 13.7. The van der Waals surface area contributed by atoms with Crippen molar-refractivity contribution < 1.29 is 0 Å². The number of thiophene rings is 1. The summed E-state index contributed by atoms with van der Waals surface area (Å²) >= 11 is 1.85. The first-order chi connectivity index (χ1) is 7.54. The number of nitrogens with two attached hydrogens (primary N) is 1. The van der Waals surface area contributed by atoms with Crippen molar-refractivity contribution in [3.05, 3.63) is 21.9 Å². The lowest BCUT2D eigenvalue weighted by atomic mass is 9.95.